The smallest absolute Gasteiger partial charge is 0.312 e. The molecule has 2 N–H and O–H groups in total. The molecule has 166 valence electrons. The number of carbonyl (C=O) groups excluding carboxylic acids is 1. The van der Waals surface area contributed by atoms with E-state index in [0.717, 1.165) is 51.4 Å². The Morgan fingerprint density at radius 2 is 1.76 bits per heavy atom. The lowest BCUT2D eigenvalue weighted by atomic mass is 9.39. The van der Waals surface area contributed by atoms with Crippen LogP contribution in [0.2, 0.25) is 0 Å². The van der Waals surface area contributed by atoms with Crippen LogP contribution >= 0.6 is 0 Å². The van der Waals surface area contributed by atoms with E-state index in [4.69, 9.17) is 4.74 Å². The van der Waals surface area contributed by atoms with Crippen LogP contribution < -0.4 is 0 Å². The quantitative estimate of drug-likeness (QED) is 0.671. The Kier molecular flexibility index (Phi) is 5.18. The van der Waals surface area contributed by atoms with Crippen LogP contribution in [0.3, 0.4) is 0 Å². The first-order chi connectivity index (χ1) is 13.5. The van der Waals surface area contributed by atoms with Crippen molar-refractivity contribution in [2.75, 3.05) is 13.2 Å². The van der Waals surface area contributed by atoms with Crippen LogP contribution in [0.15, 0.2) is 0 Å². The molecule has 4 aliphatic rings. The number of rotatable bonds is 4. The van der Waals surface area contributed by atoms with Crippen molar-refractivity contribution in [2.45, 2.75) is 92.1 Å². The Morgan fingerprint density at radius 3 is 2.41 bits per heavy atom. The van der Waals surface area contributed by atoms with Crippen LogP contribution in [0.4, 0.5) is 0 Å². The second-order valence-electron chi connectivity index (χ2n) is 12.2. The molecule has 0 heterocycles. The number of ether oxygens (including phenoxy) is 1. The van der Waals surface area contributed by atoms with Crippen LogP contribution in [-0.2, 0) is 9.53 Å². The van der Waals surface area contributed by atoms with Crippen LogP contribution in [-0.4, -0.2) is 35.5 Å². The average Bonchev–Trinajstić information content (AvgIpc) is 2.80. The van der Waals surface area contributed by atoms with Crippen molar-refractivity contribution in [1.29, 1.82) is 0 Å². The number of aliphatic hydroxyl groups is 2. The van der Waals surface area contributed by atoms with Crippen molar-refractivity contribution >= 4 is 5.97 Å². The molecule has 0 amide bonds. The molecule has 0 aliphatic heterocycles. The zero-order chi connectivity index (χ0) is 21.2. The van der Waals surface area contributed by atoms with E-state index in [1.54, 1.807) is 0 Å². The van der Waals surface area contributed by atoms with Crippen molar-refractivity contribution in [3.8, 4) is 0 Å². The molecule has 4 aliphatic carbocycles. The molecule has 4 heteroatoms. The topological polar surface area (TPSA) is 66.8 Å². The highest BCUT2D eigenvalue weighted by Crippen LogP contribution is 2.75. The molecule has 0 radical (unpaired) electrons. The van der Waals surface area contributed by atoms with Crippen LogP contribution in [0.5, 0.6) is 0 Å². The van der Waals surface area contributed by atoms with Gasteiger partial charge >= 0.3 is 5.97 Å². The van der Waals surface area contributed by atoms with E-state index in [2.05, 4.69) is 34.6 Å². The zero-order valence-electron chi connectivity index (χ0n) is 19.2. The van der Waals surface area contributed by atoms with Gasteiger partial charge in [-0.3, -0.25) is 4.79 Å². The van der Waals surface area contributed by atoms with Gasteiger partial charge in [0.15, 0.2) is 0 Å². The molecule has 0 aromatic heterocycles. The summed E-state index contributed by atoms with van der Waals surface area (Å²) < 4.78 is 5.79. The van der Waals surface area contributed by atoms with E-state index < -0.39 is 11.5 Å². The van der Waals surface area contributed by atoms with E-state index >= 15 is 0 Å². The Balaban J connectivity index is 1.67. The third-order valence-electron chi connectivity index (χ3n) is 10.1. The maximum absolute atomic E-state index is 13.3. The predicted molar refractivity (Wildman–Crippen MR) is 113 cm³/mol. The minimum absolute atomic E-state index is 0.00360. The molecule has 0 aromatic carbocycles. The van der Waals surface area contributed by atoms with Crippen LogP contribution in [0.25, 0.3) is 0 Å². The van der Waals surface area contributed by atoms with Gasteiger partial charge in [0, 0.05) is 12.5 Å². The fourth-order valence-corrected chi connectivity index (χ4v) is 8.93. The van der Waals surface area contributed by atoms with Crippen molar-refractivity contribution in [1.82, 2.24) is 0 Å². The van der Waals surface area contributed by atoms with Gasteiger partial charge in [0.2, 0.25) is 0 Å². The van der Waals surface area contributed by atoms with Gasteiger partial charge in [0.05, 0.1) is 18.1 Å². The van der Waals surface area contributed by atoms with E-state index in [9.17, 15) is 15.0 Å². The summed E-state index contributed by atoms with van der Waals surface area (Å²) in [6.07, 6.45) is 7.98. The first kappa shape index (κ1) is 21.6. The van der Waals surface area contributed by atoms with Gasteiger partial charge in [0.25, 0.3) is 0 Å². The Morgan fingerprint density at radius 1 is 1.07 bits per heavy atom. The third-order valence-corrected chi connectivity index (χ3v) is 10.1. The minimum atomic E-state index is -0.407. The number of fused-ring (bicyclic) bond motifs is 3. The van der Waals surface area contributed by atoms with Crippen LogP contribution in [0, 0.1) is 45.3 Å². The molecule has 0 unspecified atom stereocenters. The number of hydrogen-bond acceptors (Lipinski definition) is 4. The highest BCUT2D eigenvalue weighted by molar-refractivity contribution is 5.77. The van der Waals surface area contributed by atoms with Gasteiger partial charge in [-0.15, -0.1) is 0 Å². The van der Waals surface area contributed by atoms with Crippen LogP contribution in [0.1, 0.15) is 86.0 Å². The number of aliphatic hydroxyl groups excluding tert-OH is 2. The number of esters is 1. The molecular weight excluding hydrogens is 364 g/mol. The molecule has 2 bridgehead atoms. The Bertz CT molecular complexity index is 661. The van der Waals surface area contributed by atoms with Gasteiger partial charge in [-0.2, -0.15) is 0 Å². The maximum atomic E-state index is 13.3. The van der Waals surface area contributed by atoms with Gasteiger partial charge in [-0.25, -0.2) is 0 Å². The summed E-state index contributed by atoms with van der Waals surface area (Å²) in [5.74, 6) is 1.16. The molecular formula is C25H42O4. The first-order valence-electron chi connectivity index (χ1n) is 12.0. The molecule has 4 rings (SSSR count). The lowest BCUT2D eigenvalue weighted by molar-refractivity contribution is -0.194. The summed E-state index contributed by atoms with van der Waals surface area (Å²) >= 11 is 0. The van der Waals surface area contributed by atoms with Crippen molar-refractivity contribution in [3.63, 3.8) is 0 Å². The Labute approximate surface area is 176 Å². The summed E-state index contributed by atoms with van der Waals surface area (Å²) in [4.78, 5) is 13.3. The molecule has 0 aromatic rings. The van der Waals surface area contributed by atoms with Crippen molar-refractivity contribution < 1.29 is 19.7 Å². The average molecular weight is 407 g/mol. The summed E-state index contributed by atoms with van der Waals surface area (Å²) in [7, 11) is 0. The first-order valence-corrected chi connectivity index (χ1v) is 12.0. The van der Waals surface area contributed by atoms with Crippen molar-refractivity contribution in [3.05, 3.63) is 0 Å². The molecule has 8 atom stereocenters. The third kappa shape index (κ3) is 2.87. The lowest BCUT2D eigenvalue weighted by Gasteiger charge is -2.64. The normalized spacial score (nSPS) is 51.4. The summed E-state index contributed by atoms with van der Waals surface area (Å²) in [6.45, 7) is 11.6. The second-order valence-corrected chi connectivity index (χ2v) is 12.2. The molecule has 1 spiro atoms. The SMILES string of the molecule is CC(C)COC(=O)[C@]1(C)CCC[C@@]2(C)[C@@H]3CC[C@@]4(C)C[C@]3(CC[C@@H]21)[C@H](CO)[C@H]4O. The molecule has 4 fully saturated rings. The predicted octanol–water partition coefficient (Wildman–Crippen LogP) is 4.57. The molecule has 29 heavy (non-hydrogen) atoms. The molecule has 4 nitrogen and oxygen atoms in total. The minimum Gasteiger partial charge on any atom is -0.465 e. The van der Waals surface area contributed by atoms with Gasteiger partial charge in [-0.1, -0.05) is 34.1 Å². The molecule has 4 saturated carbocycles. The second kappa shape index (κ2) is 6.95. The maximum Gasteiger partial charge on any atom is 0.312 e. The summed E-state index contributed by atoms with van der Waals surface area (Å²) in [6, 6.07) is 0. The lowest BCUT2D eigenvalue weighted by Crippen LogP contribution is -2.60. The van der Waals surface area contributed by atoms with E-state index in [1.807, 2.05) is 0 Å². The van der Waals surface area contributed by atoms with Gasteiger partial charge in [0.1, 0.15) is 0 Å². The highest BCUT2D eigenvalue weighted by Gasteiger charge is 2.71. The standard InChI is InChI=1S/C25H42O4/c1-16(2)14-29-21(28)24(5)10-6-9-23(4)18(24)8-12-25-15-22(3,11-7-19(23)25)20(27)17(25)13-26/h16-20,26-27H,6-15H2,1-5H3/t17-,18+,19+,20-,22+,23-,24-,25-/m1/s1. The number of hydrogen-bond donors (Lipinski definition) is 2. The molecule has 0 saturated heterocycles. The van der Waals surface area contributed by atoms with E-state index in [-0.39, 0.29) is 34.7 Å². The zero-order valence-corrected chi connectivity index (χ0v) is 19.2. The van der Waals surface area contributed by atoms with Gasteiger partial charge < -0.3 is 14.9 Å². The Hall–Kier alpha value is -0.610. The van der Waals surface area contributed by atoms with E-state index in [0.29, 0.717) is 24.4 Å². The summed E-state index contributed by atoms with van der Waals surface area (Å²) in [5.41, 5.74) is -0.342. The number of carbonyl (C=O) groups is 1. The largest absolute Gasteiger partial charge is 0.465 e. The fourth-order valence-electron chi connectivity index (χ4n) is 8.93. The summed E-state index contributed by atoms with van der Waals surface area (Å²) in [5, 5.41) is 21.4. The van der Waals surface area contributed by atoms with E-state index in [1.165, 1.54) is 0 Å². The van der Waals surface area contributed by atoms with Gasteiger partial charge in [-0.05, 0) is 85.9 Å². The fraction of sp³-hybridized carbons (Fsp3) is 0.960. The monoisotopic (exact) mass is 406 g/mol. The van der Waals surface area contributed by atoms with Crippen molar-refractivity contribution in [2.24, 2.45) is 45.3 Å². The highest BCUT2D eigenvalue weighted by atomic mass is 16.5.